The second kappa shape index (κ2) is 8.65. The number of carbonyl (C=O) groups excluding carboxylic acids is 1. The molecule has 1 aromatic carbocycles. The SMILES string of the molecule is Cl.O=C(Nc1nc2cccc(Cl)c2n1C1CCCCNC1)c1ccnnc1. The number of nitrogens with zero attached hydrogens (tertiary/aromatic N) is 4. The molecule has 1 fully saturated rings. The number of carbonyl (C=O) groups is 1. The van der Waals surface area contributed by atoms with Crippen molar-refractivity contribution in [1.29, 1.82) is 0 Å². The zero-order valence-electron chi connectivity index (χ0n) is 14.6. The number of amides is 1. The summed E-state index contributed by atoms with van der Waals surface area (Å²) in [6, 6.07) is 7.42. The van der Waals surface area contributed by atoms with Gasteiger partial charge in [0, 0.05) is 12.6 Å². The fourth-order valence-corrected chi connectivity index (χ4v) is 3.63. The van der Waals surface area contributed by atoms with Crippen molar-refractivity contribution in [2.24, 2.45) is 0 Å². The van der Waals surface area contributed by atoms with E-state index in [9.17, 15) is 4.79 Å². The van der Waals surface area contributed by atoms with Crippen molar-refractivity contribution >= 4 is 46.9 Å². The number of para-hydroxylation sites is 1. The van der Waals surface area contributed by atoms with Gasteiger partial charge in [0.2, 0.25) is 5.95 Å². The first-order chi connectivity index (χ1) is 12.7. The quantitative estimate of drug-likeness (QED) is 0.695. The molecule has 27 heavy (non-hydrogen) atoms. The van der Waals surface area contributed by atoms with Crippen LogP contribution in [0.2, 0.25) is 5.02 Å². The third-order valence-electron chi connectivity index (χ3n) is 4.62. The number of benzene rings is 1. The van der Waals surface area contributed by atoms with Gasteiger partial charge in [-0.2, -0.15) is 10.2 Å². The highest BCUT2D eigenvalue weighted by Gasteiger charge is 2.23. The van der Waals surface area contributed by atoms with Crippen molar-refractivity contribution in [2.45, 2.75) is 25.3 Å². The van der Waals surface area contributed by atoms with Gasteiger partial charge < -0.3 is 9.88 Å². The Kier molecular flexibility index (Phi) is 6.26. The monoisotopic (exact) mass is 406 g/mol. The van der Waals surface area contributed by atoms with Crippen LogP contribution < -0.4 is 10.6 Å². The Balaban J connectivity index is 0.00000210. The molecule has 0 aliphatic carbocycles. The molecular weight excluding hydrogens is 387 g/mol. The minimum Gasteiger partial charge on any atom is -0.315 e. The molecule has 2 N–H and O–H groups in total. The van der Waals surface area contributed by atoms with Crippen LogP contribution in [0.25, 0.3) is 11.0 Å². The molecule has 0 spiro atoms. The zero-order chi connectivity index (χ0) is 17.9. The van der Waals surface area contributed by atoms with Crippen LogP contribution in [0.5, 0.6) is 0 Å². The highest BCUT2D eigenvalue weighted by Crippen LogP contribution is 2.32. The van der Waals surface area contributed by atoms with Crippen LogP contribution in [-0.2, 0) is 0 Å². The lowest BCUT2D eigenvalue weighted by molar-refractivity contribution is 0.102. The molecule has 0 radical (unpaired) electrons. The minimum absolute atomic E-state index is 0. The standard InChI is InChI=1S/C18H19ClN6O.ClH/c19-14-5-3-6-15-16(14)25(13-4-1-2-8-20-11-13)18(23-15)24-17(26)12-7-9-21-22-10-12;/h3,5-7,9-10,13,20H,1-2,4,8,11H2,(H,23,24,26);1H. The maximum Gasteiger partial charge on any atom is 0.259 e. The first-order valence-electron chi connectivity index (χ1n) is 8.69. The Hall–Kier alpha value is -2.22. The summed E-state index contributed by atoms with van der Waals surface area (Å²) in [5, 5.41) is 14.5. The van der Waals surface area contributed by atoms with Crippen LogP contribution in [-0.4, -0.2) is 38.7 Å². The molecule has 7 nitrogen and oxygen atoms in total. The Morgan fingerprint density at radius 3 is 2.96 bits per heavy atom. The van der Waals surface area contributed by atoms with Gasteiger partial charge in [0.1, 0.15) is 0 Å². The maximum atomic E-state index is 12.6. The molecule has 142 valence electrons. The van der Waals surface area contributed by atoms with E-state index in [1.54, 1.807) is 6.07 Å². The molecule has 1 unspecified atom stereocenters. The molecule has 1 aliphatic heterocycles. The number of nitrogens with one attached hydrogen (secondary N) is 2. The summed E-state index contributed by atoms with van der Waals surface area (Å²) >= 11 is 6.48. The van der Waals surface area contributed by atoms with Crippen molar-refractivity contribution in [3.05, 3.63) is 47.2 Å². The van der Waals surface area contributed by atoms with Crippen LogP contribution in [0.1, 0.15) is 35.7 Å². The normalized spacial score (nSPS) is 17.1. The summed E-state index contributed by atoms with van der Waals surface area (Å²) in [4.78, 5) is 17.2. The Morgan fingerprint density at radius 2 is 2.15 bits per heavy atom. The van der Waals surface area contributed by atoms with Crippen LogP contribution in [0.3, 0.4) is 0 Å². The van der Waals surface area contributed by atoms with E-state index in [1.165, 1.54) is 12.4 Å². The Morgan fingerprint density at radius 1 is 1.26 bits per heavy atom. The summed E-state index contributed by atoms with van der Waals surface area (Å²) in [7, 11) is 0. The number of fused-ring (bicyclic) bond motifs is 1. The molecular formula is C18H20Cl2N6O. The number of imidazole rings is 1. The number of aromatic nitrogens is 4. The van der Waals surface area contributed by atoms with Crippen molar-refractivity contribution < 1.29 is 4.79 Å². The molecule has 0 saturated carbocycles. The van der Waals surface area contributed by atoms with E-state index in [2.05, 4.69) is 30.4 Å². The van der Waals surface area contributed by atoms with E-state index in [-0.39, 0.29) is 24.4 Å². The molecule has 3 heterocycles. The maximum absolute atomic E-state index is 12.6. The van der Waals surface area contributed by atoms with Crippen LogP contribution in [0, 0.1) is 0 Å². The topological polar surface area (TPSA) is 84.7 Å². The first-order valence-corrected chi connectivity index (χ1v) is 9.07. The first kappa shape index (κ1) is 19.5. The molecule has 1 aliphatic rings. The van der Waals surface area contributed by atoms with E-state index >= 15 is 0 Å². The van der Waals surface area contributed by atoms with Crippen molar-refractivity contribution in [2.75, 3.05) is 18.4 Å². The van der Waals surface area contributed by atoms with Gasteiger partial charge in [0.15, 0.2) is 0 Å². The number of hydrogen-bond acceptors (Lipinski definition) is 5. The number of anilines is 1. The van der Waals surface area contributed by atoms with Crippen LogP contribution in [0.4, 0.5) is 5.95 Å². The number of halogens is 2. The van der Waals surface area contributed by atoms with E-state index in [0.717, 1.165) is 43.4 Å². The van der Waals surface area contributed by atoms with E-state index in [0.29, 0.717) is 16.5 Å². The zero-order valence-corrected chi connectivity index (χ0v) is 16.1. The average Bonchev–Trinajstić information content (AvgIpc) is 2.83. The van der Waals surface area contributed by atoms with Crippen molar-refractivity contribution in [3.8, 4) is 0 Å². The highest BCUT2D eigenvalue weighted by molar-refractivity contribution is 6.35. The minimum atomic E-state index is -0.269. The third-order valence-corrected chi connectivity index (χ3v) is 4.92. The Bertz CT molecular complexity index is 922. The van der Waals surface area contributed by atoms with Gasteiger partial charge in [0.05, 0.1) is 34.0 Å². The van der Waals surface area contributed by atoms with Gasteiger partial charge >= 0.3 is 0 Å². The molecule has 9 heteroatoms. The molecule has 2 aromatic heterocycles. The highest BCUT2D eigenvalue weighted by atomic mass is 35.5. The Labute approximate surface area is 167 Å². The second-order valence-electron chi connectivity index (χ2n) is 6.35. The van der Waals surface area contributed by atoms with Crippen LogP contribution in [0.15, 0.2) is 36.7 Å². The molecule has 4 rings (SSSR count). The van der Waals surface area contributed by atoms with Gasteiger partial charge in [-0.25, -0.2) is 4.98 Å². The summed E-state index contributed by atoms with van der Waals surface area (Å²) in [5.41, 5.74) is 2.06. The predicted octanol–water partition coefficient (Wildman–Crippen LogP) is 3.47. The lowest BCUT2D eigenvalue weighted by atomic mass is 10.1. The van der Waals surface area contributed by atoms with Crippen molar-refractivity contribution in [1.82, 2.24) is 25.1 Å². The fourth-order valence-electron chi connectivity index (χ4n) is 3.37. The predicted molar refractivity (Wildman–Crippen MR) is 108 cm³/mol. The molecule has 3 aromatic rings. The van der Waals surface area contributed by atoms with Crippen molar-refractivity contribution in [3.63, 3.8) is 0 Å². The number of rotatable bonds is 3. The largest absolute Gasteiger partial charge is 0.315 e. The molecule has 1 saturated heterocycles. The van der Waals surface area contributed by atoms with E-state index in [4.69, 9.17) is 11.6 Å². The summed E-state index contributed by atoms with van der Waals surface area (Å²) in [5.74, 6) is 0.234. The molecule has 1 atom stereocenters. The van der Waals surface area contributed by atoms with Gasteiger partial charge in [-0.1, -0.05) is 24.1 Å². The smallest absolute Gasteiger partial charge is 0.259 e. The van der Waals surface area contributed by atoms with Crippen LogP contribution >= 0.6 is 24.0 Å². The number of hydrogen-bond donors (Lipinski definition) is 2. The second-order valence-corrected chi connectivity index (χ2v) is 6.76. The lowest BCUT2D eigenvalue weighted by Crippen LogP contribution is -2.25. The van der Waals surface area contributed by atoms with Gasteiger partial charge in [-0.15, -0.1) is 12.4 Å². The summed E-state index contributed by atoms with van der Waals surface area (Å²) in [6.07, 6.45) is 6.18. The van der Waals surface area contributed by atoms with E-state index in [1.807, 2.05) is 18.2 Å². The lowest BCUT2D eigenvalue weighted by Gasteiger charge is -2.20. The molecule has 1 amide bonds. The fraction of sp³-hybridized carbons (Fsp3) is 0.333. The van der Waals surface area contributed by atoms with Gasteiger partial charge in [-0.05, 0) is 37.6 Å². The van der Waals surface area contributed by atoms with Gasteiger partial charge in [0.25, 0.3) is 5.91 Å². The summed E-state index contributed by atoms with van der Waals surface area (Å²) in [6.45, 7) is 1.82. The summed E-state index contributed by atoms with van der Waals surface area (Å²) < 4.78 is 2.06. The van der Waals surface area contributed by atoms with E-state index < -0.39 is 0 Å². The average molecular weight is 407 g/mol. The van der Waals surface area contributed by atoms with Gasteiger partial charge in [-0.3, -0.25) is 10.1 Å². The molecule has 0 bridgehead atoms. The third kappa shape index (κ3) is 4.05.